The Kier molecular flexibility index (Phi) is 5.37. The Bertz CT molecular complexity index is 559. The van der Waals surface area contributed by atoms with Crippen molar-refractivity contribution in [2.24, 2.45) is 0 Å². The van der Waals surface area contributed by atoms with E-state index >= 15 is 0 Å². The summed E-state index contributed by atoms with van der Waals surface area (Å²) < 4.78 is 5.36. The number of hydrogen-bond donors (Lipinski definition) is 2. The van der Waals surface area contributed by atoms with Crippen molar-refractivity contribution in [1.82, 2.24) is 9.97 Å². The molecule has 0 bridgehead atoms. The highest BCUT2D eigenvalue weighted by atomic mass is 16.5. The van der Waals surface area contributed by atoms with Crippen LogP contribution in [0.25, 0.3) is 0 Å². The van der Waals surface area contributed by atoms with Gasteiger partial charge < -0.3 is 15.4 Å². The number of nitrogens with one attached hydrogen (secondary N) is 2. The van der Waals surface area contributed by atoms with Gasteiger partial charge in [0.1, 0.15) is 6.33 Å². The maximum atomic E-state index is 5.36. The van der Waals surface area contributed by atoms with Crippen molar-refractivity contribution < 1.29 is 4.74 Å². The maximum Gasteiger partial charge on any atom is 0.204 e. The number of ether oxygens (including phenoxy) is 1. The first-order valence-electron chi connectivity index (χ1n) is 7.11. The minimum Gasteiger partial charge on any atom is -0.490 e. The van der Waals surface area contributed by atoms with Gasteiger partial charge in [-0.2, -0.15) is 0 Å². The Hall–Kier alpha value is -2.30. The Morgan fingerprint density at radius 1 is 1.14 bits per heavy atom. The second-order valence-electron chi connectivity index (χ2n) is 4.88. The third-order valence-corrected chi connectivity index (χ3v) is 3.48. The standard InChI is InChI=1S/C16H22N4O/c1-12(13-7-5-4-6-8-13)9-10-18-16-14(21-3)15(17-2)19-11-20-16/h4-8,11-12H,9-10H2,1-3H3,(H2,17,18,19,20). The number of rotatable bonds is 7. The van der Waals surface area contributed by atoms with E-state index in [2.05, 4.69) is 51.8 Å². The van der Waals surface area contributed by atoms with Gasteiger partial charge in [0.05, 0.1) is 7.11 Å². The Labute approximate surface area is 125 Å². The van der Waals surface area contributed by atoms with Gasteiger partial charge in [0, 0.05) is 13.6 Å². The van der Waals surface area contributed by atoms with Crippen LogP contribution in [-0.4, -0.2) is 30.7 Å². The topological polar surface area (TPSA) is 59.1 Å². The van der Waals surface area contributed by atoms with Crippen LogP contribution in [0, 0.1) is 0 Å². The van der Waals surface area contributed by atoms with E-state index in [0.717, 1.165) is 18.8 Å². The van der Waals surface area contributed by atoms with Crippen LogP contribution < -0.4 is 15.4 Å². The molecular formula is C16H22N4O. The molecule has 0 saturated carbocycles. The molecule has 5 heteroatoms. The molecule has 0 amide bonds. The van der Waals surface area contributed by atoms with Crippen LogP contribution in [0.1, 0.15) is 24.8 Å². The van der Waals surface area contributed by atoms with Gasteiger partial charge in [-0.25, -0.2) is 9.97 Å². The summed E-state index contributed by atoms with van der Waals surface area (Å²) in [5, 5.41) is 6.32. The summed E-state index contributed by atoms with van der Waals surface area (Å²) in [6.07, 6.45) is 2.55. The Morgan fingerprint density at radius 3 is 2.52 bits per heavy atom. The van der Waals surface area contributed by atoms with Crippen molar-refractivity contribution in [3.8, 4) is 5.75 Å². The Morgan fingerprint density at radius 2 is 1.86 bits per heavy atom. The predicted molar refractivity (Wildman–Crippen MR) is 86.1 cm³/mol. The second-order valence-corrected chi connectivity index (χ2v) is 4.88. The zero-order chi connectivity index (χ0) is 15.1. The fourth-order valence-electron chi connectivity index (χ4n) is 2.23. The van der Waals surface area contributed by atoms with Gasteiger partial charge in [0.2, 0.25) is 5.75 Å². The lowest BCUT2D eigenvalue weighted by atomic mass is 9.98. The summed E-state index contributed by atoms with van der Waals surface area (Å²) in [7, 11) is 3.43. The highest BCUT2D eigenvalue weighted by Gasteiger charge is 2.11. The molecule has 0 radical (unpaired) electrons. The molecule has 1 aromatic heterocycles. The van der Waals surface area contributed by atoms with Crippen LogP contribution >= 0.6 is 0 Å². The molecule has 1 unspecified atom stereocenters. The molecular weight excluding hydrogens is 264 g/mol. The van der Waals surface area contributed by atoms with Crippen molar-refractivity contribution in [2.75, 3.05) is 31.3 Å². The van der Waals surface area contributed by atoms with E-state index in [0.29, 0.717) is 17.5 Å². The summed E-state index contributed by atoms with van der Waals surface area (Å²) >= 11 is 0. The van der Waals surface area contributed by atoms with Crippen molar-refractivity contribution in [2.45, 2.75) is 19.3 Å². The van der Waals surface area contributed by atoms with Gasteiger partial charge >= 0.3 is 0 Å². The lowest BCUT2D eigenvalue weighted by molar-refractivity contribution is 0.415. The van der Waals surface area contributed by atoms with E-state index in [1.165, 1.54) is 11.9 Å². The molecule has 1 atom stereocenters. The van der Waals surface area contributed by atoms with Crippen LogP contribution in [0.4, 0.5) is 11.6 Å². The number of hydrogen-bond acceptors (Lipinski definition) is 5. The lowest BCUT2D eigenvalue weighted by Crippen LogP contribution is -2.10. The molecule has 0 aliphatic heterocycles. The van der Waals surface area contributed by atoms with Crippen LogP contribution in [0.2, 0.25) is 0 Å². The first-order chi connectivity index (χ1) is 10.3. The SMILES string of the molecule is CNc1ncnc(NCCC(C)c2ccccc2)c1OC. The quantitative estimate of drug-likeness (QED) is 0.819. The number of nitrogens with zero attached hydrogens (tertiary/aromatic N) is 2. The lowest BCUT2D eigenvalue weighted by Gasteiger charge is -2.15. The normalized spacial score (nSPS) is 11.8. The van der Waals surface area contributed by atoms with E-state index in [1.807, 2.05) is 13.1 Å². The van der Waals surface area contributed by atoms with Gasteiger partial charge in [-0.05, 0) is 17.9 Å². The predicted octanol–water partition coefficient (Wildman–Crippen LogP) is 3.13. The molecule has 0 saturated heterocycles. The van der Waals surface area contributed by atoms with Gasteiger partial charge in [-0.1, -0.05) is 37.3 Å². The third kappa shape index (κ3) is 3.84. The number of aromatic nitrogens is 2. The molecule has 21 heavy (non-hydrogen) atoms. The van der Waals surface area contributed by atoms with Crippen molar-refractivity contribution in [3.05, 3.63) is 42.2 Å². The van der Waals surface area contributed by atoms with E-state index in [4.69, 9.17) is 4.74 Å². The molecule has 0 aliphatic rings. The molecule has 0 fully saturated rings. The van der Waals surface area contributed by atoms with Gasteiger partial charge in [-0.3, -0.25) is 0 Å². The summed E-state index contributed by atoms with van der Waals surface area (Å²) in [5.41, 5.74) is 1.35. The van der Waals surface area contributed by atoms with Gasteiger partial charge in [0.25, 0.3) is 0 Å². The second kappa shape index (κ2) is 7.47. The van der Waals surface area contributed by atoms with E-state index in [-0.39, 0.29) is 0 Å². The van der Waals surface area contributed by atoms with Crippen molar-refractivity contribution in [3.63, 3.8) is 0 Å². The van der Waals surface area contributed by atoms with Crippen LogP contribution in [0.3, 0.4) is 0 Å². The van der Waals surface area contributed by atoms with Crippen molar-refractivity contribution in [1.29, 1.82) is 0 Å². The fraction of sp³-hybridized carbons (Fsp3) is 0.375. The molecule has 1 heterocycles. The number of anilines is 2. The van der Waals surface area contributed by atoms with Gasteiger partial charge in [0.15, 0.2) is 11.6 Å². The summed E-state index contributed by atoms with van der Waals surface area (Å²) in [4.78, 5) is 8.37. The van der Waals surface area contributed by atoms with Crippen LogP contribution in [0.5, 0.6) is 5.75 Å². The molecule has 1 aromatic carbocycles. The maximum absolute atomic E-state index is 5.36. The minimum absolute atomic E-state index is 0.496. The monoisotopic (exact) mass is 286 g/mol. The first-order valence-corrected chi connectivity index (χ1v) is 7.11. The van der Waals surface area contributed by atoms with Crippen LogP contribution in [-0.2, 0) is 0 Å². The Balaban J connectivity index is 1.95. The van der Waals surface area contributed by atoms with Gasteiger partial charge in [-0.15, -0.1) is 0 Å². The molecule has 0 spiro atoms. The van der Waals surface area contributed by atoms with Crippen LogP contribution in [0.15, 0.2) is 36.7 Å². The van der Waals surface area contributed by atoms with E-state index in [9.17, 15) is 0 Å². The average molecular weight is 286 g/mol. The van der Waals surface area contributed by atoms with Crippen molar-refractivity contribution >= 4 is 11.6 Å². The highest BCUT2D eigenvalue weighted by Crippen LogP contribution is 2.28. The average Bonchev–Trinajstić information content (AvgIpc) is 2.55. The molecule has 2 aromatic rings. The van der Waals surface area contributed by atoms with E-state index < -0.39 is 0 Å². The summed E-state index contributed by atoms with van der Waals surface area (Å²) in [6.45, 7) is 3.06. The smallest absolute Gasteiger partial charge is 0.204 e. The molecule has 2 N–H and O–H groups in total. The summed E-state index contributed by atoms with van der Waals surface area (Å²) in [6, 6.07) is 10.5. The summed E-state index contributed by atoms with van der Waals surface area (Å²) in [5.74, 6) is 2.55. The minimum atomic E-state index is 0.496. The molecule has 112 valence electrons. The zero-order valence-electron chi connectivity index (χ0n) is 12.8. The third-order valence-electron chi connectivity index (χ3n) is 3.48. The zero-order valence-corrected chi connectivity index (χ0v) is 12.8. The molecule has 5 nitrogen and oxygen atoms in total. The van der Waals surface area contributed by atoms with E-state index in [1.54, 1.807) is 7.11 Å². The fourth-order valence-corrected chi connectivity index (χ4v) is 2.23. The number of methoxy groups -OCH3 is 1. The largest absolute Gasteiger partial charge is 0.490 e. The molecule has 0 aliphatic carbocycles. The first kappa shape index (κ1) is 15.1. The molecule has 2 rings (SSSR count). The number of benzene rings is 1. The highest BCUT2D eigenvalue weighted by molar-refractivity contribution is 5.63.